The van der Waals surface area contributed by atoms with Crippen LogP contribution in [0.1, 0.15) is 30.5 Å². The first kappa shape index (κ1) is 17.3. The molecule has 1 heterocycles. The molecule has 3 amide bonds. The Bertz CT molecular complexity index is 576. The maximum Gasteiger partial charge on any atom is 0.317 e. The molecule has 0 saturated carbocycles. The fraction of sp³-hybridized carbons (Fsp3) is 0.556. The molecule has 5 nitrogen and oxygen atoms in total. The standard InChI is InChI=1S/C18H27N3O2/c1-13(2)19-18(23)21-9-7-20(8-10-21)17(22)12-16-11-14(3)5-6-15(16)4/h5-6,11,13H,7-10,12H2,1-4H3,(H,19,23). The SMILES string of the molecule is Cc1ccc(C)c(CC(=O)N2CCN(C(=O)NC(C)C)CC2)c1. The summed E-state index contributed by atoms with van der Waals surface area (Å²) >= 11 is 0. The molecule has 23 heavy (non-hydrogen) atoms. The number of hydrogen-bond donors (Lipinski definition) is 1. The molecular formula is C18H27N3O2. The molecule has 0 atom stereocenters. The normalized spacial score (nSPS) is 15.0. The van der Waals surface area contributed by atoms with Crippen molar-refractivity contribution in [3.05, 3.63) is 34.9 Å². The van der Waals surface area contributed by atoms with Crippen LogP contribution in [0.15, 0.2) is 18.2 Å². The monoisotopic (exact) mass is 317 g/mol. The topological polar surface area (TPSA) is 52.7 Å². The van der Waals surface area contributed by atoms with Crippen LogP contribution in [0.2, 0.25) is 0 Å². The fourth-order valence-corrected chi connectivity index (χ4v) is 2.76. The zero-order valence-corrected chi connectivity index (χ0v) is 14.6. The van der Waals surface area contributed by atoms with Crippen LogP contribution in [0.25, 0.3) is 0 Å². The van der Waals surface area contributed by atoms with Gasteiger partial charge in [-0.25, -0.2) is 4.79 Å². The van der Waals surface area contributed by atoms with E-state index in [1.54, 1.807) is 4.90 Å². The van der Waals surface area contributed by atoms with Gasteiger partial charge in [0, 0.05) is 32.2 Å². The zero-order chi connectivity index (χ0) is 17.0. The second kappa shape index (κ2) is 7.49. The minimum absolute atomic E-state index is 0.0402. The Balaban J connectivity index is 1.88. The lowest BCUT2D eigenvalue weighted by Crippen LogP contribution is -2.54. The van der Waals surface area contributed by atoms with Gasteiger partial charge in [0.25, 0.3) is 0 Å². The molecule has 1 saturated heterocycles. The average molecular weight is 317 g/mol. The van der Waals surface area contributed by atoms with Crippen LogP contribution < -0.4 is 5.32 Å². The Kier molecular flexibility index (Phi) is 5.64. The molecule has 1 aromatic rings. The zero-order valence-electron chi connectivity index (χ0n) is 14.6. The molecule has 2 rings (SSSR count). The number of amides is 3. The summed E-state index contributed by atoms with van der Waals surface area (Å²) < 4.78 is 0. The van der Waals surface area contributed by atoms with Crippen molar-refractivity contribution in [2.24, 2.45) is 0 Å². The summed E-state index contributed by atoms with van der Waals surface area (Å²) in [6.07, 6.45) is 0.436. The summed E-state index contributed by atoms with van der Waals surface area (Å²) in [5.41, 5.74) is 3.42. The highest BCUT2D eigenvalue weighted by molar-refractivity contribution is 5.80. The molecule has 126 valence electrons. The van der Waals surface area contributed by atoms with Crippen molar-refractivity contribution >= 4 is 11.9 Å². The minimum Gasteiger partial charge on any atom is -0.339 e. The van der Waals surface area contributed by atoms with Crippen LogP contribution in [-0.2, 0) is 11.2 Å². The minimum atomic E-state index is -0.0402. The van der Waals surface area contributed by atoms with Gasteiger partial charge in [0.05, 0.1) is 6.42 Å². The average Bonchev–Trinajstić information content (AvgIpc) is 2.50. The van der Waals surface area contributed by atoms with Crippen molar-refractivity contribution in [3.8, 4) is 0 Å². The molecular weight excluding hydrogens is 290 g/mol. The Labute approximate surface area is 138 Å². The third-order valence-electron chi connectivity index (χ3n) is 4.18. The van der Waals surface area contributed by atoms with Gasteiger partial charge in [-0.15, -0.1) is 0 Å². The van der Waals surface area contributed by atoms with E-state index in [0.29, 0.717) is 32.6 Å². The summed E-state index contributed by atoms with van der Waals surface area (Å²) in [5.74, 6) is 0.141. The van der Waals surface area contributed by atoms with Crippen LogP contribution in [0, 0.1) is 13.8 Å². The molecule has 1 fully saturated rings. The van der Waals surface area contributed by atoms with Gasteiger partial charge in [-0.1, -0.05) is 23.8 Å². The van der Waals surface area contributed by atoms with Crippen molar-refractivity contribution in [3.63, 3.8) is 0 Å². The number of piperazine rings is 1. The first-order valence-corrected chi connectivity index (χ1v) is 8.26. The van der Waals surface area contributed by atoms with E-state index in [4.69, 9.17) is 0 Å². The van der Waals surface area contributed by atoms with Gasteiger partial charge in [-0.2, -0.15) is 0 Å². The smallest absolute Gasteiger partial charge is 0.317 e. The van der Waals surface area contributed by atoms with Gasteiger partial charge in [-0.3, -0.25) is 4.79 Å². The molecule has 1 aromatic carbocycles. The highest BCUT2D eigenvalue weighted by Crippen LogP contribution is 2.13. The number of carbonyl (C=O) groups is 2. The van der Waals surface area contributed by atoms with Crippen molar-refractivity contribution in [2.45, 2.75) is 40.2 Å². The summed E-state index contributed by atoms with van der Waals surface area (Å²) in [6, 6.07) is 6.30. The van der Waals surface area contributed by atoms with E-state index >= 15 is 0 Å². The van der Waals surface area contributed by atoms with Gasteiger partial charge in [-0.05, 0) is 38.8 Å². The highest BCUT2D eigenvalue weighted by atomic mass is 16.2. The number of urea groups is 1. The number of aryl methyl sites for hydroxylation is 2. The number of carbonyl (C=O) groups excluding carboxylic acids is 2. The molecule has 1 aliphatic heterocycles. The molecule has 0 radical (unpaired) electrons. The quantitative estimate of drug-likeness (QED) is 0.928. The molecule has 0 spiro atoms. The number of nitrogens with zero attached hydrogens (tertiary/aromatic N) is 2. The molecule has 0 aromatic heterocycles. The third kappa shape index (κ3) is 4.71. The van der Waals surface area contributed by atoms with E-state index < -0.39 is 0 Å². The van der Waals surface area contributed by atoms with Crippen molar-refractivity contribution < 1.29 is 9.59 Å². The Morgan fingerprint density at radius 3 is 2.30 bits per heavy atom. The lowest BCUT2D eigenvalue weighted by atomic mass is 10.0. The molecule has 0 unspecified atom stereocenters. The Hall–Kier alpha value is -2.04. The maximum absolute atomic E-state index is 12.5. The number of hydrogen-bond acceptors (Lipinski definition) is 2. The first-order chi connectivity index (χ1) is 10.9. The first-order valence-electron chi connectivity index (χ1n) is 8.26. The predicted molar refractivity (Wildman–Crippen MR) is 91.4 cm³/mol. The van der Waals surface area contributed by atoms with Gasteiger partial charge in [0.2, 0.25) is 5.91 Å². The van der Waals surface area contributed by atoms with Crippen molar-refractivity contribution in [1.82, 2.24) is 15.1 Å². The fourth-order valence-electron chi connectivity index (χ4n) is 2.76. The van der Waals surface area contributed by atoms with Crippen LogP contribution in [0.3, 0.4) is 0 Å². The van der Waals surface area contributed by atoms with E-state index in [1.165, 1.54) is 5.56 Å². The summed E-state index contributed by atoms with van der Waals surface area (Å²) in [4.78, 5) is 28.1. The van der Waals surface area contributed by atoms with Crippen molar-refractivity contribution in [1.29, 1.82) is 0 Å². The van der Waals surface area contributed by atoms with Gasteiger partial charge < -0.3 is 15.1 Å². The van der Waals surface area contributed by atoms with Crippen LogP contribution in [0.4, 0.5) is 4.79 Å². The highest BCUT2D eigenvalue weighted by Gasteiger charge is 2.24. The lowest BCUT2D eigenvalue weighted by molar-refractivity contribution is -0.131. The van der Waals surface area contributed by atoms with Gasteiger partial charge in [0.15, 0.2) is 0 Å². The summed E-state index contributed by atoms with van der Waals surface area (Å²) in [6.45, 7) is 10.4. The van der Waals surface area contributed by atoms with Gasteiger partial charge >= 0.3 is 6.03 Å². The van der Waals surface area contributed by atoms with E-state index in [2.05, 4.69) is 23.5 Å². The maximum atomic E-state index is 12.5. The Morgan fingerprint density at radius 2 is 1.70 bits per heavy atom. The van der Waals surface area contributed by atoms with E-state index in [1.807, 2.05) is 32.6 Å². The van der Waals surface area contributed by atoms with Crippen molar-refractivity contribution in [2.75, 3.05) is 26.2 Å². The van der Waals surface area contributed by atoms with E-state index in [-0.39, 0.29) is 18.0 Å². The lowest BCUT2D eigenvalue weighted by Gasteiger charge is -2.35. The predicted octanol–water partition coefficient (Wildman–Crippen LogP) is 2.11. The molecule has 0 aliphatic carbocycles. The molecule has 5 heteroatoms. The van der Waals surface area contributed by atoms with Crippen LogP contribution >= 0.6 is 0 Å². The second-order valence-electron chi connectivity index (χ2n) is 6.58. The molecule has 0 bridgehead atoms. The van der Waals surface area contributed by atoms with Crippen LogP contribution in [0.5, 0.6) is 0 Å². The molecule has 1 N–H and O–H groups in total. The molecule has 1 aliphatic rings. The largest absolute Gasteiger partial charge is 0.339 e. The number of benzene rings is 1. The second-order valence-corrected chi connectivity index (χ2v) is 6.58. The summed E-state index contributed by atoms with van der Waals surface area (Å²) in [7, 11) is 0. The van der Waals surface area contributed by atoms with Crippen LogP contribution in [-0.4, -0.2) is 54.0 Å². The number of rotatable bonds is 3. The summed E-state index contributed by atoms with van der Waals surface area (Å²) in [5, 5.41) is 2.89. The third-order valence-corrected chi connectivity index (χ3v) is 4.18. The number of nitrogens with one attached hydrogen (secondary N) is 1. The van der Waals surface area contributed by atoms with Gasteiger partial charge in [0.1, 0.15) is 0 Å². The van der Waals surface area contributed by atoms with E-state index in [0.717, 1.165) is 11.1 Å². The van der Waals surface area contributed by atoms with E-state index in [9.17, 15) is 9.59 Å². The Morgan fingerprint density at radius 1 is 1.09 bits per heavy atom.